The van der Waals surface area contributed by atoms with Crippen molar-refractivity contribution in [2.45, 2.75) is 43.4 Å². The first-order chi connectivity index (χ1) is 19.5. The summed E-state index contributed by atoms with van der Waals surface area (Å²) in [5.41, 5.74) is 13.3. The van der Waals surface area contributed by atoms with Crippen molar-refractivity contribution in [3.8, 4) is 5.75 Å². The average molecular weight is 569 g/mol. The van der Waals surface area contributed by atoms with Gasteiger partial charge >= 0.3 is 5.97 Å². The minimum absolute atomic E-state index is 0.0433. The maximum Gasteiger partial charge on any atom is 0.326 e. The van der Waals surface area contributed by atoms with Gasteiger partial charge in [-0.15, -0.1) is 0 Å². The van der Waals surface area contributed by atoms with Crippen molar-refractivity contribution in [1.29, 1.82) is 0 Å². The summed E-state index contributed by atoms with van der Waals surface area (Å²) in [4.78, 5) is 64.7. The maximum absolute atomic E-state index is 13.0. The Bertz CT molecular complexity index is 1410. The van der Waals surface area contributed by atoms with E-state index in [-0.39, 0.29) is 18.6 Å². The number of primary amides is 1. The molecule has 0 bridgehead atoms. The van der Waals surface area contributed by atoms with Crippen molar-refractivity contribution in [2.24, 2.45) is 11.5 Å². The Kier molecular flexibility index (Phi) is 10.4. The third-order valence-electron chi connectivity index (χ3n) is 6.30. The Balaban J connectivity index is 1.71. The van der Waals surface area contributed by atoms with Gasteiger partial charge in [-0.3, -0.25) is 19.2 Å². The van der Waals surface area contributed by atoms with Crippen LogP contribution in [0.2, 0.25) is 0 Å². The molecule has 1 heterocycles. The number of benzene rings is 2. The Hall–Kier alpha value is -4.95. The number of phenols is 1. The molecule has 0 fully saturated rings. The quantitative estimate of drug-likeness (QED) is 0.108. The van der Waals surface area contributed by atoms with Crippen LogP contribution in [0, 0.1) is 0 Å². The molecule has 0 saturated carbocycles. The number of nitrogens with one attached hydrogen (secondary N) is 4. The van der Waals surface area contributed by atoms with E-state index in [0.717, 1.165) is 16.5 Å². The first kappa shape index (κ1) is 30.6. The largest absolute Gasteiger partial charge is 0.508 e. The number of aliphatic carboxylic acids is 1. The molecule has 14 nitrogen and oxygen atoms in total. The molecule has 14 heteroatoms. The van der Waals surface area contributed by atoms with E-state index in [0.29, 0.717) is 5.56 Å². The number of para-hydroxylation sites is 1. The number of fused-ring (bicyclic) bond motifs is 1. The second-order valence-corrected chi connectivity index (χ2v) is 9.42. The lowest BCUT2D eigenvalue weighted by atomic mass is 10.0. The first-order valence-corrected chi connectivity index (χ1v) is 12.6. The van der Waals surface area contributed by atoms with Crippen LogP contribution in [0.25, 0.3) is 10.9 Å². The molecule has 0 aliphatic rings. The average Bonchev–Trinajstić information content (AvgIpc) is 3.34. The Morgan fingerprint density at radius 1 is 0.829 bits per heavy atom. The number of aliphatic hydroxyl groups is 1. The third kappa shape index (κ3) is 8.52. The van der Waals surface area contributed by atoms with Crippen LogP contribution in [0.15, 0.2) is 54.7 Å². The minimum atomic E-state index is -1.66. The number of aromatic nitrogens is 1. The van der Waals surface area contributed by atoms with Gasteiger partial charge in [0.2, 0.25) is 23.6 Å². The van der Waals surface area contributed by atoms with Crippen molar-refractivity contribution < 1.29 is 39.3 Å². The van der Waals surface area contributed by atoms with Crippen LogP contribution >= 0.6 is 0 Å². The molecule has 0 radical (unpaired) electrons. The molecule has 0 aliphatic heterocycles. The molecule has 0 aliphatic carbocycles. The van der Waals surface area contributed by atoms with Crippen LogP contribution in [-0.2, 0) is 36.8 Å². The Labute approximate surface area is 234 Å². The molecule has 1 aromatic heterocycles. The van der Waals surface area contributed by atoms with Gasteiger partial charge in [-0.05, 0) is 35.7 Å². The number of aromatic hydroxyl groups is 1. The number of hydrogen-bond acceptors (Lipinski definition) is 8. The molecule has 4 amide bonds. The molecule has 4 atom stereocenters. The fourth-order valence-electron chi connectivity index (χ4n) is 4.13. The first-order valence-electron chi connectivity index (χ1n) is 12.6. The van der Waals surface area contributed by atoms with Gasteiger partial charge in [-0.2, -0.15) is 0 Å². The summed E-state index contributed by atoms with van der Waals surface area (Å²) >= 11 is 0. The van der Waals surface area contributed by atoms with E-state index >= 15 is 0 Å². The SMILES string of the molecule is NC(=O)CC(NC(=O)C(Cc1ccc(O)cc1)NC(=O)C(CO)NC(=O)C(N)Cc1c[nH]c2ccccc12)C(=O)O. The summed E-state index contributed by atoms with van der Waals surface area (Å²) < 4.78 is 0. The number of amides is 4. The van der Waals surface area contributed by atoms with Crippen molar-refractivity contribution in [3.05, 3.63) is 65.9 Å². The van der Waals surface area contributed by atoms with E-state index < -0.39 is 66.8 Å². The topological polar surface area (TPSA) is 250 Å². The molecule has 0 spiro atoms. The number of carbonyl (C=O) groups excluding carboxylic acids is 4. The number of H-pyrrole nitrogens is 1. The molecule has 2 aromatic carbocycles. The van der Waals surface area contributed by atoms with Gasteiger partial charge < -0.3 is 47.7 Å². The van der Waals surface area contributed by atoms with Gasteiger partial charge in [0.25, 0.3) is 0 Å². The van der Waals surface area contributed by atoms with E-state index in [2.05, 4.69) is 20.9 Å². The normalized spacial score (nSPS) is 13.9. The van der Waals surface area contributed by atoms with Crippen LogP contribution in [0.4, 0.5) is 0 Å². The van der Waals surface area contributed by atoms with Crippen molar-refractivity contribution in [1.82, 2.24) is 20.9 Å². The summed E-state index contributed by atoms with van der Waals surface area (Å²) in [5.74, 6) is -5.16. The molecule has 3 rings (SSSR count). The lowest BCUT2D eigenvalue weighted by Crippen LogP contribution is -2.58. The summed E-state index contributed by atoms with van der Waals surface area (Å²) in [6.45, 7) is -0.829. The lowest BCUT2D eigenvalue weighted by Gasteiger charge is -2.24. The van der Waals surface area contributed by atoms with Crippen molar-refractivity contribution in [3.63, 3.8) is 0 Å². The lowest BCUT2D eigenvalue weighted by molar-refractivity contribution is -0.143. The highest BCUT2D eigenvalue weighted by Crippen LogP contribution is 2.19. The molecule has 11 N–H and O–H groups in total. The van der Waals surface area contributed by atoms with Crippen LogP contribution in [-0.4, -0.2) is 80.7 Å². The second-order valence-electron chi connectivity index (χ2n) is 9.42. The van der Waals surface area contributed by atoms with E-state index in [9.17, 15) is 39.3 Å². The van der Waals surface area contributed by atoms with E-state index in [1.54, 1.807) is 6.20 Å². The number of carbonyl (C=O) groups is 5. The van der Waals surface area contributed by atoms with Gasteiger partial charge in [-0.25, -0.2) is 4.79 Å². The second kappa shape index (κ2) is 13.9. The smallest absolute Gasteiger partial charge is 0.326 e. The number of aliphatic hydroxyl groups excluding tert-OH is 1. The minimum Gasteiger partial charge on any atom is -0.508 e. The zero-order valence-electron chi connectivity index (χ0n) is 21.9. The molecule has 4 unspecified atom stereocenters. The van der Waals surface area contributed by atoms with Gasteiger partial charge in [0.1, 0.15) is 23.9 Å². The Morgan fingerprint density at radius 3 is 2.07 bits per heavy atom. The molecule has 41 heavy (non-hydrogen) atoms. The fraction of sp³-hybridized carbons (Fsp3) is 0.296. The maximum atomic E-state index is 13.0. The monoisotopic (exact) mass is 568 g/mol. The van der Waals surface area contributed by atoms with Crippen LogP contribution < -0.4 is 27.4 Å². The summed E-state index contributed by atoms with van der Waals surface area (Å²) in [7, 11) is 0. The molecule has 0 saturated heterocycles. The number of phenolic OH excluding ortho intramolecular Hbond substituents is 1. The summed E-state index contributed by atoms with van der Waals surface area (Å²) in [6, 6.07) is 7.48. The van der Waals surface area contributed by atoms with E-state index in [4.69, 9.17) is 11.5 Å². The van der Waals surface area contributed by atoms with Crippen molar-refractivity contribution >= 4 is 40.5 Å². The van der Waals surface area contributed by atoms with Gasteiger partial charge in [0.15, 0.2) is 0 Å². The number of rotatable bonds is 14. The van der Waals surface area contributed by atoms with Crippen LogP contribution in [0.1, 0.15) is 17.5 Å². The highest BCUT2D eigenvalue weighted by atomic mass is 16.4. The molecule has 218 valence electrons. The van der Waals surface area contributed by atoms with E-state index in [1.165, 1.54) is 24.3 Å². The molecular weight excluding hydrogens is 536 g/mol. The summed E-state index contributed by atoms with van der Waals surface area (Å²) in [5, 5.41) is 36.5. The number of hydrogen-bond donors (Lipinski definition) is 9. The number of aromatic amines is 1. The van der Waals surface area contributed by atoms with Crippen LogP contribution in [0.3, 0.4) is 0 Å². The predicted octanol–water partition coefficient (Wildman–Crippen LogP) is -1.61. The zero-order valence-corrected chi connectivity index (χ0v) is 21.9. The van der Waals surface area contributed by atoms with E-state index in [1.807, 2.05) is 24.3 Å². The highest BCUT2D eigenvalue weighted by molar-refractivity contribution is 5.95. The highest BCUT2D eigenvalue weighted by Gasteiger charge is 2.31. The fourth-order valence-corrected chi connectivity index (χ4v) is 4.13. The number of carboxylic acid groups (broad SMARTS) is 1. The predicted molar refractivity (Wildman–Crippen MR) is 146 cm³/mol. The zero-order chi connectivity index (χ0) is 30.1. The van der Waals surface area contributed by atoms with Crippen molar-refractivity contribution in [2.75, 3.05) is 6.61 Å². The Morgan fingerprint density at radius 2 is 1.44 bits per heavy atom. The van der Waals surface area contributed by atoms with Crippen LogP contribution in [0.5, 0.6) is 5.75 Å². The third-order valence-corrected chi connectivity index (χ3v) is 6.30. The standard InChI is InChI=1S/C27H32N6O8/c28-18(10-15-12-30-19-4-2-1-3-17(15)19)24(37)33-22(13-34)26(39)31-20(9-14-5-7-16(35)8-6-14)25(38)32-21(27(40)41)11-23(29)36/h1-8,12,18,20-22,30,34-35H,9-11,13,28H2,(H2,29,36)(H,31,39)(H,32,38)(H,33,37)(H,40,41). The molecule has 3 aromatic rings. The number of nitrogens with two attached hydrogens (primary N) is 2. The number of carboxylic acids is 1. The van der Waals surface area contributed by atoms with Gasteiger partial charge in [0.05, 0.1) is 19.1 Å². The summed E-state index contributed by atoms with van der Waals surface area (Å²) in [6.07, 6.45) is 1.01. The van der Waals surface area contributed by atoms with Gasteiger partial charge in [0, 0.05) is 23.5 Å². The van der Waals surface area contributed by atoms with Gasteiger partial charge in [-0.1, -0.05) is 30.3 Å². The molecular formula is C27H32N6O8.